The van der Waals surface area contributed by atoms with E-state index in [0.717, 1.165) is 13.1 Å². The fraction of sp³-hybridized carbons (Fsp3) is 0.667. The van der Waals surface area contributed by atoms with Crippen molar-refractivity contribution >= 4 is 0 Å². The summed E-state index contributed by atoms with van der Waals surface area (Å²) in [6, 6.07) is 0. The van der Waals surface area contributed by atoms with Crippen molar-refractivity contribution in [3.8, 4) is 0 Å². The number of hydrogen-bond acceptors (Lipinski definition) is 4. The van der Waals surface area contributed by atoms with E-state index >= 15 is 0 Å². The Balaban J connectivity index is 2.39. The monoisotopic (exact) mass is 154 g/mol. The van der Waals surface area contributed by atoms with Gasteiger partial charge in [0.25, 0.3) is 0 Å². The van der Waals surface area contributed by atoms with Gasteiger partial charge in [-0.1, -0.05) is 0 Å². The first-order valence-corrected chi connectivity index (χ1v) is 3.43. The SMILES string of the molecule is [CH2]c1nnn(CCN(C)C)n1. The molecule has 0 saturated carbocycles. The quantitative estimate of drug-likeness (QED) is 0.584. The summed E-state index contributed by atoms with van der Waals surface area (Å²) >= 11 is 0. The van der Waals surface area contributed by atoms with Crippen molar-refractivity contribution in [1.82, 2.24) is 25.1 Å². The van der Waals surface area contributed by atoms with Gasteiger partial charge >= 0.3 is 0 Å². The molecule has 0 aliphatic rings. The van der Waals surface area contributed by atoms with Gasteiger partial charge in [-0.3, -0.25) is 0 Å². The predicted octanol–water partition coefficient (Wildman–Crippen LogP) is -0.583. The molecule has 0 atom stereocenters. The van der Waals surface area contributed by atoms with Gasteiger partial charge in [0, 0.05) is 13.5 Å². The second-order valence-corrected chi connectivity index (χ2v) is 2.60. The lowest BCUT2D eigenvalue weighted by atomic mass is 10.6. The van der Waals surface area contributed by atoms with E-state index in [1.807, 2.05) is 14.1 Å². The molecule has 61 valence electrons. The van der Waals surface area contributed by atoms with Crippen molar-refractivity contribution in [2.75, 3.05) is 20.6 Å². The third kappa shape index (κ3) is 2.63. The minimum absolute atomic E-state index is 0.476. The average molecular weight is 154 g/mol. The minimum atomic E-state index is 0.476. The second kappa shape index (κ2) is 3.43. The molecular weight excluding hydrogens is 142 g/mol. The third-order valence-electron chi connectivity index (χ3n) is 1.24. The number of likely N-dealkylation sites (N-methyl/N-ethyl adjacent to an activating group) is 1. The van der Waals surface area contributed by atoms with Crippen LogP contribution in [0.5, 0.6) is 0 Å². The fourth-order valence-electron chi connectivity index (χ4n) is 0.661. The van der Waals surface area contributed by atoms with Crippen LogP contribution < -0.4 is 0 Å². The molecule has 0 spiro atoms. The molecule has 1 heterocycles. The highest BCUT2D eigenvalue weighted by atomic mass is 15.6. The van der Waals surface area contributed by atoms with Gasteiger partial charge in [-0.2, -0.15) is 4.80 Å². The van der Waals surface area contributed by atoms with E-state index in [0.29, 0.717) is 5.82 Å². The molecule has 0 aliphatic carbocycles. The molecule has 0 saturated heterocycles. The van der Waals surface area contributed by atoms with E-state index in [1.54, 1.807) is 4.80 Å². The Morgan fingerprint density at radius 3 is 2.73 bits per heavy atom. The predicted molar refractivity (Wildman–Crippen MR) is 40.8 cm³/mol. The Labute approximate surface area is 66.0 Å². The molecule has 5 nitrogen and oxygen atoms in total. The summed E-state index contributed by atoms with van der Waals surface area (Å²) in [5.41, 5.74) is 0. The highest BCUT2D eigenvalue weighted by Gasteiger charge is 1.96. The molecule has 11 heavy (non-hydrogen) atoms. The minimum Gasteiger partial charge on any atom is -0.307 e. The largest absolute Gasteiger partial charge is 0.307 e. The van der Waals surface area contributed by atoms with Gasteiger partial charge in [-0.25, -0.2) is 0 Å². The average Bonchev–Trinajstić information content (AvgIpc) is 2.31. The van der Waals surface area contributed by atoms with Crippen LogP contribution in [-0.4, -0.2) is 45.7 Å². The van der Waals surface area contributed by atoms with Crippen molar-refractivity contribution in [3.63, 3.8) is 0 Å². The summed E-state index contributed by atoms with van der Waals surface area (Å²) in [4.78, 5) is 3.61. The number of aromatic nitrogens is 4. The Kier molecular flexibility index (Phi) is 2.53. The van der Waals surface area contributed by atoms with Crippen molar-refractivity contribution in [2.24, 2.45) is 0 Å². The molecular formula is C6H12N5. The van der Waals surface area contributed by atoms with E-state index in [2.05, 4.69) is 27.2 Å². The van der Waals surface area contributed by atoms with Crippen LogP contribution in [0.15, 0.2) is 0 Å². The highest BCUT2D eigenvalue weighted by molar-refractivity contribution is 4.79. The number of rotatable bonds is 3. The van der Waals surface area contributed by atoms with E-state index in [-0.39, 0.29) is 0 Å². The lowest BCUT2D eigenvalue weighted by Gasteiger charge is -2.06. The van der Waals surface area contributed by atoms with Gasteiger partial charge in [0.2, 0.25) is 0 Å². The molecule has 0 bridgehead atoms. The van der Waals surface area contributed by atoms with Crippen LogP contribution in [0.3, 0.4) is 0 Å². The molecule has 1 aromatic heterocycles. The summed E-state index contributed by atoms with van der Waals surface area (Å²) in [7, 11) is 4.00. The van der Waals surface area contributed by atoms with Crippen LogP contribution in [0, 0.1) is 6.92 Å². The van der Waals surface area contributed by atoms with Crippen LogP contribution in [0.4, 0.5) is 0 Å². The molecule has 0 amide bonds. The van der Waals surface area contributed by atoms with Crippen LogP contribution in [-0.2, 0) is 6.54 Å². The number of hydrogen-bond donors (Lipinski definition) is 0. The summed E-state index contributed by atoms with van der Waals surface area (Å²) in [5.74, 6) is 0.476. The lowest BCUT2D eigenvalue weighted by molar-refractivity contribution is 0.355. The maximum Gasteiger partial charge on any atom is 0.175 e. The smallest absolute Gasteiger partial charge is 0.175 e. The topological polar surface area (TPSA) is 46.8 Å². The molecule has 0 unspecified atom stereocenters. The molecule has 5 heteroatoms. The first-order valence-electron chi connectivity index (χ1n) is 3.43. The van der Waals surface area contributed by atoms with Crippen LogP contribution in [0.25, 0.3) is 0 Å². The summed E-state index contributed by atoms with van der Waals surface area (Å²) in [5, 5.41) is 11.4. The van der Waals surface area contributed by atoms with Crippen LogP contribution in [0.2, 0.25) is 0 Å². The highest BCUT2D eigenvalue weighted by Crippen LogP contribution is 1.83. The summed E-state index contributed by atoms with van der Waals surface area (Å²) < 4.78 is 0. The van der Waals surface area contributed by atoms with Gasteiger partial charge in [-0.05, 0) is 19.3 Å². The molecule has 0 aliphatic heterocycles. The molecule has 1 radical (unpaired) electrons. The van der Waals surface area contributed by atoms with Crippen molar-refractivity contribution < 1.29 is 0 Å². The maximum absolute atomic E-state index is 3.94. The first kappa shape index (κ1) is 8.13. The normalized spacial score (nSPS) is 10.9. The zero-order chi connectivity index (χ0) is 8.27. The second-order valence-electron chi connectivity index (χ2n) is 2.60. The Hall–Kier alpha value is -0.970. The Morgan fingerprint density at radius 1 is 1.55 bits per heavy atom. The van der Waals surface area contributed by atoms with Gasteiger partial charge in [0.1, 0.15) is 0 Å². The van der Waals surface area contributed by atoms with E-state index in [9.17, 15) is 0 Å². The van der Waals surface area contributed by atoms with Crippen LogP contribution >= 0.6 is 0 Å². The van der Waals surface area contributed by atoms with Crippen molar-refractivity contribution in [1.29, 1.82) is 0 Å². The van der Waals surface area contributed by atoms with E-state index < -0.39 is 0 Å². The van der Waals surface area contributed by atoms with Gasteiger partial charge in [0.05, 0.1) is 6.54 Å². The lowest BCUT2D eigenvalue weighted by Crippen LogP contribution is -2.19. The standard InChI is InChI=1S/C6H12N5/c1-6-7-9-11(8-6)5-4-10(2)3/h1,4-5H2,2-3H3. The Bertz CT molecular complexity index is 217. The van der Waals surface area contributed by atoms with Gasteiger partial charge in [0.15, 0.2) is 5.82 Å². The summed E-state index contributed by atoms with van der Waals surface area (Å²) in [6.45, 7) is 5.22. The molecule has 0 fully saturated rings. The first-order chi connectivity index (χ1) is 5.18. The van der Waals surface area contributed by atoms with Crippen molar-refractivity contribution in [3.05, 3.63) is 12.7 Å². The zero-order valence-electron chi connectivity index (χ0n) is 6.86. The van der Waals surface area contributed by atoms with Gasteiger partial charge < -0.3 is 4.90 Å². The number of nitrogens with zero attached hydrogens (tertiary/aromatic N) is 5. The maximum atomic E-state index is 3.94. The molecule has 0 aromatic carbocycles. The Morgan fingerprint density at radius 2 is 2.27 bits per heavy atom. The fourth-order valence-corrected chi connectivity index (χ4v) is 0.661. The van der Waals surface area contributed by atoms with E-state index in [4.69, 9.17) is 0 Å². The van der Waals surface area contributed by atoms with E-state index in [1.165, 1.54) is 0 Å². The zero-order valence-corrected chi connectivity index (χ0v) is 6.86. The molecule has 0 N–H and O–H groups in total. The van der Waals surface area contributed by atoms with Gasteiger partial charge in [-0.15, -0.1) is 10.2 Å². The van der Waals surface area contributed by atoms with Crippen molar-refractivity contribution in [2.45, 2.75) is 6.54 Å². The third-order valence-corrected chi connectivity index (χ3v) is 1.24. The van der Waals surface area contributed by atoms with Crippen LogP contribution in [0.1, 0.15) is 5.82 Å². The summed E-state index contributed by atoms with van der Waals surface area (Å²) in [6.07, 6.45) is 0. The molecule has 1 aromatic rings. The number of tetrazole rings is 1. The molecule has 1 rings (SSSR count).